The predicted molar refractivity (Wildman–Crippen MR) is 75.9 cm³/mol. The maximum atomic E-state index is 12.7. The Balaban J connectivity index is 1.95. The zero-order chi connectivity index (χ0) is 16.6. The predicted octanol–water partition coefficient (Wildman–Crippen LogP) is 3.80. The number of aromatic nitrogens is 2. The summed E-state index contributed by atoms with van der Waals surface area (Å²) in [6.45, 7) is 1.77. The van der Waals surface area contributed by atoms with Crippen LogP contribution in [-0.4, -0.2) is 15.9 Å². The lowest BCUT2D eigenvalue weighted by Crippen LogP contribution is -2.12. The van der Waals surface area contributed by atoms with Crippen molar-refractivity contribution in [1.29, 1.82) is 0 Å². The van der Waals surface area contributed by atoms with Crippen molar-refractivity contribution in [2.24, 2.45) is 0 Å². The number of halogens is 3. The van der Waals surface area contributed by atoms with Gasteiger partial charge in [0.05, 0.1) is 11.3 Å². The molecule has 1 amide bonds. The van der Waals surface area contributed by atoms with Crippen LogP contribution in [-0.2, 0) is 6.18 Å². The molecule has 0 bridgehead atoms. The van der Waals surface area contributed by atoms with Gasteiger partial charge in [0.1, 0.15) is 5.52 Å². The molecular weight excluding hydrogens is 311 g/mol. The summed E-state index contributed by atoms with van der Waals surface area (Å²) in [4.78, 5) is 19.6. The first-order valence-corrected chi connectivity index (χ1v) is 6.55. The van der Waals surface area contributed by atoms with E-state index in [-0.39, 0.29) is 22.4 Å². The number of rotatable bonds is 2. The summed E-state index contributed by atoms with van der Waals surface area (Å²) >= 11 is 0. The molecule has 2 aromatic heterocycles. The first-order valence-electron chi connectivity index (χ1n) is 6.55. The van der Waals surface area contributed by atoms with Crippen molar-refractivity contribution in [2.75, 3.05) is 5.32 Å². The van der Waals surface area contributed by atoms with Gasteiger partial charge in [-0.2, -0.15) is 13.2 Å². The summed E-state index contributed by atoms with van der Waals surface area (Å²) < 4.78 is 42.7. The van der Waals surface area contributed by atoms with Gasteiger partial charge in [0.15, 0.2) is 5.58 Å². The topological polar surface area (TPSA) is 68.0 Å². The molecule has 0 unspecified atom stereocenters. The van der Waals surface area contributed by atoms with Gasteiger partial charge in [-0.25, -0.2) is 4.98 Å². The fourth-order valence-electron chi connectivity index (χ4n) is 1.97. The highest BCUT2D eigenvalue weighted by atomic mass is 19.4. The van der Waals surface area contributed by atoms with E-state index in [9.17, 15) is 18.0 Å². The van der Waals surface area contributed by atoms with E-state index in [2.05, 4.69) is 19.7 Å². The van der Waals surface area contributed by atoms with Crippen molar-refractivity contribution in [1.82, 2.24) is 9.97 Å². The molecule has 0 saturated carbocycles. The second-order valence-corrected chi connectivity index (χ2v) is 4.81. The van der Waals surface area contributed by atoms with Crippen LogP contribution >= 0.6 is 0 Å². The van der Waals surface area contributed by atoms with E-state index in [1.54, 1.807) is 19.1 Å². The molecule has 3 rings (SSSR count). The van der Waals surface area contributed by atoms with Gasteiger partial charge in [-0.1, -0.05) is 6.07 Å². The van der Waals surface area contributed by atoms with E-state index in [1.807, 2.05) is 0 Å². The molecule has 0 atom stereocenters. The van der Waals surface area contributed by atoms with Crippen LogP contribution < -0.4 is 5.32 Å². The first-order chi connectivity index (χ1) is 10.8. The number of carbonyl (C=O) groups is 1. The number of alkyl halides is 3. The lowest BCUT2D eigenvalue weighted by atomic mass is 10.2. The summed E-state index contributed by atoms with van der Waals surface area (Å²) in [6.07, 6.45) is -3.31. The summed E-state index contributed by atoms with van der Waals surface area (Å²) in [7, 11) is 0. The monoisotopic (exact) mass is 321 g/mol. The maximum absolute atomic E-state index is 12.7. The van der Waals surface area contributed by atoms with Crippen LogP contribution in [0.5, 0.6) is 0 Å². The van der Waals surface area contributed by atoms with E-state index in [4.69, 9.17) is 0 Å². The molecule has 0 saturated heterocycles. The fourth-order valence-corrected chi connectivity index (χ4v) is 1.97. The van der Waals surface area contributed by atoms with E-state index in [1.165, 1.54) is 24.4 Å². The number of hydrogen-bond acceptors (Lipinski definition) is 4. The zero-order valence-corrected chi connectivity index (χ0v) is 11.8. The number of carbonyl (C=O) groups excluding carboxylic acids is 1. The van der Waals surface area contributed by atoms with E-state index in [0.29, 0.717) is 0 Å². The first kappa shape index (κ1) is 15.0. The van der Waals surface area contributed by atoms with Gasteiger partial charge in [-0.05, 0) is 31.2 Å². The van der Waals surface area contributed by atoms with Crippen LogP contribution in [0.2, 0.25) is 0 Å². The standard InChI is InChI=1S/C15H10F3N3O2/c1-8-5-6-9(7-19-8)13(22)20-10-3-2-4-11-12(10)21-14(23-11)15(16,17)18/h2-7H,1H3,(H,20,22). The Morgan fingerprint density at radius 2 is 2.00 bits per heavy atom. The second kappa shape index (κ2) is 5.38. The fraction of sp³-hybridized carbons (Fsp3) is 0.133. The molecule has 0 aliphatic rings. The molecule has 0 aliphatic carbocycles. The Labute approximate surface area is 128 Å². The molecule has 1 aromatic carbocycles. The van der Waals surface area contributed by atoms with Crippen LogP contribution in [0.25, 0.3) is 11.1 Å². The summed E-state index contributed by atoms with van der Waals surface area (Å²) in [5.74, 6) is -1.85. The lowest BCUT2D eigenvalue weighted by Gasteiger charge is -2.05. The number of hydrogen-bond donors (Lipinski definition) is 1. The minimum atomic E-state index is -4.69. The average Bonchev–Trinajstić information content (AvgIpc) is 2.93. The van der Waals surface area contributed by atoms with E-state index in [0.717, 1.165) is 5.69 Å². The van der Waals surface area contributed by atoms with Gasteiger partial charge < -0.3 is 9.73 Å². The zero-order valence-electron chi connectivity index (χ0n) is 11.8. The third-order valence-electron chi connectivity index (χ3n) is 3.08. The molecule has 0 fully saturated rings. The highest BCUT2D eigenvalue weighted by Crippen LogP contribution is 2.33. The minimum Gasteiger partial charge on any atom is -0.433 e. The average molecular weight is 321 g/mol. The molecule has 2 heterocycles. The Morgan fingerprint density at radius 1 is 1.22 bits per heavy atom. The molecule has 118 valence electrons. The molecule has 0 radical (unpaired) electrons. The van der Waals surface area contributed by atoms with Gasteiger partial charge in [0.25, 0.3) is 5.91 Å². The highest BCUT2D eigenvalue weighted by molar-refractivity contribution is 6.07. The summed E-state index contributed by atoms with van der Waals surface area (Å²) in [5, 5.41) is 2.52. The quantitative estimate of drug-likeness (QED) is 0.779. The number of amides is 1. The van der Waals surface area contributed by atoms with Crippen molar-refractivity contribution in [3.05, 3.63) is 53.7 Å². The number of nitrogens with zero attached hydrogens (tertiary/aromatic N) is 2. The normalized spacial score (nSPS) is 11.7. The van der Waals surface area contributed by atoms with Gasteiger partial charge in [-0.3, -0.25) is 9.78 Å². The Morgan fingerprint density at radius 3 is 2.65 bits per heavy atom. The van der Waals surface area contributed by atoms with Crippen LogP contribution in [0, 0.1) is 6.92 Å². The Kier molecular flexibility index (Phi) is 3.51. The van der Waals surface area contributed by atoms with Crippen molar-refractivity contribution < 1.29 is 22.4 Å². The van der Waals surface area contributed by atoms with E-state index >= 15 is 0 Å². The molecule has 1 N–H and O–H groups in total. The van der Waals surface area contributed by atoms with Crippen LogP contribution in [0.4, 0.5) is 18.9 Å². The number of anilines is 1. The van der Waals surface area contributed by atoms with Crippen molar-refractivity contribution >= 4 is 22.7 Å². The number of nitrogens with one attached hydrogen (secondary N) is 1. The SMILES string of the molecule is Cc1ccc(C(=O)Nc2cccc3oc(C(F)(F)F)nc23)cn1. The van der Waals surface area contributed by atoms with E-state index < -0.39 is 18.0 Å². The minimum absolute atomic E-state index is 0.0582. The molecular formula is C15H10F3N3O2. The molecule has 0 spiro atoms. The molecule has 23 heavy (non-hydrogen) atoms. The smallest absolute Gasteiger partial charge is 0.433 e. The van der Waals surface area contributed by atoms with Crippen molar-refractivity contribution in [3.8, 4) is 0 Å². The van der Waals surface area contributed by atoms with Crippen LogP contribution in [0.1, 0.15) is 21.9 Å². The Hall–Kier alpha value is -2.90. The molecule has 0 aliphatic heterocycles. The number of benzene rings is 1. The lowest BCUT2D eigenvalue weighted by molar-refractivity contribution is -0.156. The van der Waals surface area contributed by atoms with Gasteiger partial charge in [0, 0.05) is 11.9 Å². The number of para-hydroxylation sites is 1. The van der Waals surface area contributed by atoms with Crippen LogP contribution in [0.3, 0.4) is 0 Å². The number of fused-ring (bicyclic) bond motifs is 1. The number of oxazole rings is 1. The van der Waals surface area contributed by atoms with Gasteiger partial charge >= 0.3 is 12.1 Å². The second-order valence-electron chi connectivity index (χ2n) is 4.81. The van der Waals surface area contributed by atoms with Crippen molar-refractivity contribution in [3.63, 3.8) is 0 Å². The molecule has 5 nitrogen and oxygen atoms in total. The highest BCUT2D eigenvalue weighted by Gasteiger charge is 2.37. The Bertz CT molecular complexity index is 870. The van der Waals surface area contributed by atoms with Crippen molar-refractivity contribution in [2.45, 2.75) is 13.1 Å². The third-order valence-corrected chi connectivity index (χ3v) is 3.08. The number of aryl methyl sites for hydroxylation is 1. The summed E-state index contributed by atoms with van der Waals surface area (Å²) in [6, 6.07) is 7.50. The summed E-state index contributed by atoms with van der Waals surface area (Å²) in [5.41, 5.74) is 1.04. The molecule has 3 aromatic rings. The third kappa shape index (κ3) is 3.01. The largest absolute Gasteiger partial charge is 0.468 e. The maximum Gasteiger partial charge on any atom is 0.468 e. The van der Waals surface area contributed by atoms with Gasteiger partial charge in [-0.15, -0.1) is 0 Å². The van der Waals surface area contributed by atoms with Crippen LogP contribution in [0.15, 0.2) is 40.9 Å². The number of pyridine rings is 1. The van der Waals surface area contributed by atoms with Gasteiger partial charge in [0.2, 0.25) is 0 Å². The molecule has 8 heteroatoms.